The maximum Gasteiger partial charge on any atom is 0.417 e. The molecule has 2 atom stereocenters. The van der Waals surface area contributed by atoms with Crippen molar-refractivity contribution in [2.24, 2.45) is 5.92 Å². The van der Waals surface area contributed by atoms with E-state index in [2.05, 4.69) is 15.5 Å². The van der Waals surface area contributed by atoms with Crippen LogP contribution in [0.1, 0.15) is 37.8 Å². The molecule has 0 aromatic heterocycles. The second-order valence-corrected chi connectivity index (χ2v) is 10.4. The molecule has 1 aliphatic carbocycles. The standard InChI is InChI=1S/C25H31F3N4OS/c1-18(2)17-22(23(33)31-12-11-29)34-24(32-15-13-30-14-16-32)9-7-19(8-10-24)20-5-3-4-6-21(20)25(26,27)28/h3-9,18,22,30H,10,12-17H2,1-2H3,(H,31,33). The zero-order valence-corrected chi connectivity index (χ0v) is 20.3. The maximum absolute atomic E-state index is 13.6. The number of nitrogens with zero attached hydrogens (tertiary/aromatic N) is 2. The highest BCUT2D eigenvalue weighted by atomic mass is 32.2. The Balaban J connectivity index is 1.93. The van der Waals surface area contributed by atoms with E-state index in [4.69, 9.17) is 5.26 Å². The highest BCUT2D eigenvalue weighted by Gasteiger charge is 2.41. The van der Waals surface area contributed by atoms with E-state index in [9.17, 15) is 18.0 Å². The first-order valence-corrected chi connectivity index (χ1v) is 12.4. The van der Waals surface area contributed by atoms with Gasteiger partial charge in [0.05, 0.1) is 21.8 Å². The minimum atomic E-state index is -4.44. The van der Waals surface area contributed by atoms with E-state index >= 15 is 0 Å². The zero-order valence-electron chi connectivity index (χ0n) is 19.5. The summed E-state index contributed by atoms with van der Waals surface area (Å²) in [5, 5.41) is 14.5. The Kier molecular flexibility index (Phi) is 8.85. The Labute approximate surface area is 203 Å². The molecule has 184 valence electrons. The predicted molar refractivity (Wildman–Crippen MR) is 130 cm³/mol. The summed E-state index contributed by atoms with van der Waals surface area (Å²) in [6.45, 7) is 7.19. The van der Waals surface area contributed by atoms with Crippen LogP contribution in [0.5, 0.6) is 0 Å². The molecule has 2 unspecified atom stereocenters. The van der Waals surface area contributed by atoms with Crippen LogP contribution in [0.4, 0.5) is 13.2 Å². The lowest BCUT2D eigenvalue weighted by Gasteiger charge is -2.46. The third-order valence-electron chi connectivity index (χ3n) is 6.00. The lowest BCUT2D eigenvalue weighted by atomic mass is 9.92. The van der Waals surface area contributed by atoms with Gasteiger partial charge in [-0.2, -0.15) is 18.4 Å². The first-order chi connectivity index (χ1) is 16.2. The van der Waals surface area contributed by atoms with Crippen LogP contribution < -0.4 is 10.6 Å². The van der Waals surface area contributed by atoms with Crippen molar-refractivity contribution < 1.29 is 18.0 Å². The van der Waals surface area contributed by atoms with E-state index in [1.54, 1.807) is 12.1 Å². The average Bonchev–Trinajstić information content (AvgIpc) is 2.82. The summed E-state index contributed by atoms with van der Waals surface area (Å²) in [6.07, 6.45) is 2.28. The van der Waals surface area contributed by atoms with Crippen molar-refractivity contribution in [1.29, 1.82) is 5.26 Å². The number of carbonyl (C=O) groups is 1. The second kappa shape index (κ2) is 11.4. The number of alkyl halides is 3. The normalized spacial score (nSPS) is 22.2. The fourth-order valence-corrected chi connectivity index (χ4v) is 6.18. The summed E-state index contributed by atoms with van der Waals surface area (Å²) in [7, 11) is 0. The molecule has 1 aromatic rings. The van der Waals surface area contributed by atoms with Crippen LogP contribution in [0.2, 0.25) is 0 Å². The molecule has 0 bridgehead atoms. The molecule has 1 aliphatic heterocycles. The van der Waals surface area contributed by atoms with E-state index in [1.807, 2.05) is 32.1 Å². The van der Waals surface area contributed by atoms with Gasteiger partial charge in [-0.3, -0.25) is 9.69 Å². The van der Waals surface area contributed by atoms with Crippen LogP contribution >= 0.6 is 11.8 Å². The van der Waals surface area contributed by atoms with Gasteiger partial charge in [0.25, 0.3) is 0 Å². The van der Waals surface area contributed by atoms with E-state index in [0.29, 0.717) is 18.4 Å². The van der Waals surface area contributed by atoms with Crippen LogP contribution in [-0.2, 0) is 11.0 Å². The molecule has 0 radical (unpaired) electrons. The molecule has 1 heterocycles. The molecule has 1 saturated heterocycles. The third kappa shape index (κ3) is 6.44. The number of rotatable bonds is 8. The molecule has 1 fully saturated rings. The fourth-order valence-electron chi connectivity index (χ4n) is 4.36. The number of hydrogen-bond acceptors (Lipinski definition) is 5. The summed E-state index contributed by atoms with van der Waals surface area (Å²) in [5.74, 6) is 0.0862. The summed E-state index contributed by atoms with van der Waals surface area (Å²) >= 11 is 1.54. The molecule has 2 aliphatic rings. The van der Waals surface area contributed by atoms with Gasteiger partial charge >= 0.3 is 6.18 Å². The van der Waals surface area contributed by atoms with Crippen LogP contribution in [0.15, 0.2) is 42.5 Å². The fraction of sp³-hybridized carbons (Fsp3) is 0.520. The number of allylic oxidation sites excluding steroid dienone is 2. The van der Waals surface area contributed by atoms with Gasteiger partial charge in [-0.25, -0.2) is 0 Å². The number of benzene rings is 1. The molecule has 0 saturated carbocycles. The number of amides is 1. The second-order valence-electron chi connectivity index (χ2n) is 8.93. The summed E-state index contributed by atoms with van der Waals surface area (Å²) in [4.78, 5) is 14.6. The Bertz CT molecular complexity index is 964. The van der Waals surface area contributed by atoms with Gasteiger partial charge in [0.15, 0.2) is 0 Å². The van der Waals surface area contributed by atoms with Crippen molar-refractivity contribution in [3.63, 3.8) is 0 Å². The Morgan fingerprint density at radius 3 is 2.59 bits per heavy atom. The SMILES string of the molecule is CC(C)CC(SC1(N2CCNCC2)C=CC(c2ccccc2C(F)(F)F)=CC1)C(=O)NCC#N. The van der Waals surface area contributed by atoms with E-state index < -0.39 is 16.6 Å². The molecular weight excluding hydrogens is 461 g/mol. The lowest BCUT2D eigenvalue weighted by Crippen LogP contribution is -2.55. The predicted octanol–water partition coefficient (Wildman–Crippen LogP) is 4.44. The minimum Gasteiger partial charge on any atom is -0.342 e. The molecule has 1 aromatic carbocycles. The number of nitrogens with one attached hydrogen (secondary N) is 2. The first kappa shape index (κ1) is 26.3. The largest absolute Gasteiger partial charge is 0.417 e. The van der Waals surface area contributed by atoms with Gasteiger partial charge in [-0.05, 0) is 36.0 Å². The molecule has 9 heteroatoms. The number of piperazine rings is 1. The van der Waals surface area contributed by atoms with E-state index in [-0.39, 0.29) is 29.2 Å². The minimum absolute atomic E-state index is 0.0528. The zero-order chi connectivity index (χ0) is 24.8. The van der Waals surface area contributed by atoms with Crippen molar-refractivity contribution >= 4 is 23.2 Å². The Morgan fingerprint density at radius 1 is 1.29 bits per heavy atom. The summed E-state index contributed by atoms with van der Waals surface area (Å²) in [5.41, 5.74) is 0.0473. The Hall–Kier alpha value is -2.28. The van der Waals surface area contributed by atoms with Crippen molar-refractivity contribution in [3.8, 4) is 6.07 Å². The van der Waals surface area contributed by atoms with Crippen LogP contribution in [0, 0.1) is 17.2 Å². The summed E-state index contributed by atoms with van der Waals surface area (Å²) in [6, 6.07) is 7.57. The average molecular weight is 493 g/mol. The summed E-state index contributed by atoms with van der Waals surface area (Å²) < 4.78 is 40.8. The number of thioether (sulfide) groups is 1. The third-order valence-corrected chi connectivity index (χ3v) is 7.66. The van der Waals surface area contributed by atoms with Crippen LogP contribution in [0.25, 0.3) is 5.57 Å². The van der Waals surface area contributed by atoms with Crippen molar-refractivity contribution in [2.75, 3.05) is 32.7 Å². The highest BCUT2D eigenvalue weighted by Crippen LogP contribution is 2.45. The number of carbonyl (C=O) groups excluding carboxylic acids is 1. The molecule has 5 nitrogen and oxygen atoms in total. The van der Waals surface area contributed by atoms with Crippen molar-refractivity contribution in [1.82, 2.24) is 15.5 Å². The number of halogens is 3. The lowest BCUT2D eigenvalue weighted by molar-refractivity contribution is -0.137. The molecule has 1 amide bonds. The van der Waals surface area contributed by atoms with E-state index in [1.165, 1.54) is 23.9 Å². The molecular formula is C25H31F3N4OS. The molecule has 2 N–H and O–H groups in total. The first-order valence-electron chi connectivity index (χ1n) is 11.5. The van der Waals surface area contributed by atoms with Gasteiger partial charge in [-0.15, -0.1) is 11.8 Å². The van der Waals surface area contributed by atoms with Gasteiger partial charge < -0.3 is 10.6 Å². The van der Waals surface area contributed by atoms with Crippen molar-refractivity contribution in [3.05, 3.63) is 53.6 Å². The van der Waals surface area contributed by atoms with Gasteiger partial charge in [-0.1, -0.05) is 50.3 Å². The smallest absolute Gasteiger partial charge is 0.342 e. The quantitative estimate of drug-likeness (QED) is 0.526. The van der Waals surface area contributed by atoms with E-state index in [0.717, 1.165) is 32.2 Å². The monoisotopic (exact) mass is 492 g/mol. The number of nitriles is 1. The van der Waals surface area contributed by atoms with Crippen LogP contribution in [0.3, 0.4) is 0 Å². The van der Waals surface area contributed by atoms with Gasteiger partial charge in [0, 0.05) is 26.2 Å². The van der Waals surface area contributed by atoms with Crippen LogP contribution in [-0.4, -0.2) is 53.7 Å². The molecule has 3 rings (SSSR count). The Morgan fingerprint density at radius 2 is 2.00 bits per heavy atom. The maximum atomic E-state index is 13.6. The van der Waals surface area contributed by atoms with Gasteiger partial charge in [0.1, 0.15) is 6.54 Å². The topological polar surface area (TPSA) is 68.2 Å². The molecule has 0 spiro atoms. The highest BCUT2D eigenvalue weighted by molar-refractivity contribution is 8.02. The van der Waals surface area contributed by atoms with Crippen molar-refractivity contribution in [2.45, 2.75) is 43.0 Å². The van der Waals surface area contributed by atoms with Gasteiger partial charge in [0.2, 0.25) is 5.91 Å². The molecule has 34 heavy (non-hydrogen) atoms. The number of hydrogen-bond donors (Lipinski definition) is 2.